The molecular formula is C21H21N7O3. The van der Waals surface area contributed by atoms with Crippen molar-refractivity contribution in [3.8, 4) is 0 Å². The molecule has 0 radical (unpaired) electrons. The Balaban J connectivity index is 1.43. The summed E-state index contributed by atoms with van der Waals surface area (Å²) in [4.78, 5) is 40.3. The van der Waals surface area contributed by atoms with Crippen LogP contribution < -0.4 is 10.2 Å². The van der Waals surface area contributed by atoms with Gasteiger partial charge in [0.15, 0.2) is 0 Å². The van der Waals surface area contributed by atoms with Gasteiger partial charge < -0.3 is 15.1 Å². The van der Waals surface area contributed by atoms with Gasteiger partial charge in [-0.2, -0.15) is 0 Å². The van der Waals surface area contributed by atoms with Crippen LogP contribution in [-0.2, 0) is 0 Å². The van der Waals surface area contributed by atoms with E-state index in [9.17, 15) is 14.9 Å². The van der Waals surface area contributed by atoms with E-state index in [0.717, 1.165) is 5.82 Å². The molecule has 4 rings (SSSR count). The van der Waals surface area contributed by atoms with Gasteiger partial charge in [0, 0.05) is 56.1 Å². The van der Waals surface area contributed by atoms with E-state index in [-0.39, 0.29) is 11.6 Å². The monoisotopic (exact) mass is 419 g/mol. The molecule has 1 N–H and O–H groups in total. The van der Waals surface area contributed by atoms with Gasteiger partial charge in [-0.05, 0) is 25.1 Å². The van der Waals surface area contributed by atoms with Crippen molar-refractivity contribution >= 4 is 29.0 Å². The molecule has 31 heavy (non-hydrogen) atoms. The van der Waals surface area contributed by atoms with Gasteiger partial charge in [-0.3, -0.25) is 14.9 Å². The fourth-order valence-corrected chi connectivity index (χ4v) is 3.42. The first kappa shape index (κ1) is 20.2. The standard InChI is InChI=1S/C21H21N7O3/c1-15-23-19(25-18-7-2-3-8-22-18)14-20(24-15)26-9-11-27(12-10-26)21(29)16-5-4-6-17(13-16)28(30)31/h2-8,13-14H,9-12H2,1H3,(H,22,23,24,25). The number of amides is 1. The van der Waals surface area contributed by atoms with Gasteiger partial charge in [-0.1, -0.05) is 12.1 Å². The minimum Gasteiger partial charge on any atom is -0.353 e. The second-order valence-corrected chi connectivity index (χ2v) is 7.09. The van der Waals surface area contributed by atoms with Crippen LogP contribution in [0.3, 0.4) is 0 Å². The Morgan fingerprint density at radius 2 is 1.84 bits per heavy atom. The third-order valence-corrected chi connectivity index (χ3v) is 4.94. The first-order valence-corrected chi connectivity index (χ1v) is 9.82. The smallest absolute Gasteiger partial charge is 0.270 e. The molecule has 0 spiro atoms. The molecular weight excluding hydrogens is 398 g/mol. The lowest BCUT2D eigenvalue weighted by Gasteiger charge is -2.35. The number of hydrogen-bond acceptors (Lipinski definition) is 8. The summed E-state index contributed by atoms with van der Waals surface area (Å²) in [5.41, 5.74) is 0.233. The van der Waals surface area contributed by atoms with E-state index in [1.165, 1.54) is 18.2 Å². The molecule has 1 aliphatic heterocycles. The van der Waals surface area contributed by atoms with E-state index in [0.29, 0.717) is 49.2 Å². The van der Waals surface area contributed by atoms with Gasteiger partial charge in [0.1, 0.15) is 23.3 Å². The summed E-state index contributed by atoms with van der Waals surface area (Å²) in [6.45, 7) is 4.01. The molecule has 0 atom stereocenters. The quantitative estimate of drug-likeness (QED) is 0.496. The summed E-state index contributed by atoms with van der Waals surface area (Å²) in [5, 5.41) is 14.2. The Morgan fingerprint density at radius 1 is 1.03 bits per heavy atom. The number of rotatable bonds is 5. The first-order valence-electron chi connectivity index (χ1n) is 9.82. The zero-order chi connectivity index (χ0) is 21.8. The molecule has 0 aliphatic carbocycles. The van der Waals surface area contributed by atoms with Gasteiger partial charge in [-0.15, -0.1) is 0 Å². The van der Waals surface area contributed by atoms with Crippen LogP contribution in [0.5, 0.6) is 0 Å². The number of aryl methyl sites for hydroxylation is 1. The lowest BCUT2D eigenvalue weighted by atomic mass is 10.1. The highest BCUT2D eigenvalue weighted by atomic mass is 16.6. The number of carbonyl (C=O) groups excluding carboxylic acids is 1. The molecule has 0 bridgehead atoms. The number of piperazine rings is 1. The number of non-ortho nitro benzene ring substituents is 1. The Morgan fingerprint density at radius 3 is 2.55 bits per heavy atom. The summed E-state index contributed by atoms with van der Waals surface area (Å²) in [7, 11) is 0. The molecule has 1 amide bonds. The zero-order valence-electron chi connectivity index (χ0n) is 16.9. The first-order chi connectivity index (χ1) is 15.0. The minimum absolute atomic E-state index is 0.0890. The Bertz CT molecular complexity index is 1100. The predicted molar refractivity (Wildman–Crippen MR) is 116 cm³/mol. The summed E-state index contributed by atoms with van der Waals surface area (Å²) < 4.78 is 0. The van der Waals surface area contributed by atoms with Gasteiger partial charge >= 0.3 is 0 Å². The highest BCUT2D eigenvalue weighted by molar-refractivity contribution is 5.95. The van der Waals surface area contributed by atoms with Crippen molar-refractivity contribution in [2.24, 2.45) is 0 Å². The number of hydrogen-bond donors (Lipinski definition) is 1. The number of pyridine rings is 1. The van der Waals surface area contributed by atoms with E-state index >= 15 is 0 Å². The van der Waals surface area contributed by atoms with Gasteiger partial charge in [-0.25, -0.2) is 15.0 Å². The number of nitro groups is 1. The van der Waals surface area contributed by atoms with Crippen LogP contribution in [0.1, 0.15) is 16.2 Å². The predicted octanol–water partition coefficient (Wildman–Crippen LogP) is 2.79. The van der Waals surface area contributed by atoms with E-state index in [1.807, 2.05) is 31.2 Å². The normalized spacial score (nSPS) is 13.7. The minimum atomic E-state index is -0.497. The third kappa shape index (κ3) is 4.74. The van der Waals surface area contributed by atoms with Crippen molar-refractivity contribution in [1.29, 1.82) is 0 Å². The number of nitrogens with zero attached hydrogens (tertiary/aromatic N) is 6. The fraction of sp³-hybridized carbons (Fsp3) is 0.238. The number of nitro benzene ring substituents is 1. The number of anilines is 3. The molecule has 1 aromatic carbocycles. The van der Waals surface area contributed by atoms with Crippen LogP contribution >= 0.6 is 0 Å². The second kappa shape index (κ2) is 8.74. The van der Waals surface area contributed by atoms with Crippen LogP contribution in [0.2, 0.25) is 0 Å². The van der Waals surface area contributed by atoms with Crippen molar-refractivity contribution in [3.05, 3.63) is 76.2 Å². The molecule has 3 heterocycles. The average molecular weight is 419 g/mol. The maximum atomic E-state index is 12.8. The summed E-state index contributed by atoms with van der Waals surface area (Å²) in [6, 6.07) is 13.3. The second-order valence-electron chi connectivity index (χ2n) is 7.09. The maximum Gasteiger partial charge on any atom is 0.270 e. The highest BCUT2D eigenvalue weighted by Crippen LogP contribution is 2.21. The Kier molecular flexibility index (Phi) is 5.69. The molecule has 1 fully saturated rings. The number of benzene rings is 1. The molecule has 0 saturated carbocycles. The van der Waals surface area contributed by atoms with Crippen LogP contribution in [-0.4, -0.2) is 56.9 Å². The SMILES string of the molecule is Cc1nc(Nc2ccccn2)cc(N2CCN(C(=O)c3cccc([N+](=O)[O-])c3)CC2)n1. The molecule has 0 unspecified atom stereocenters. The van der Waals surface area contributed by atoms with Crippen molar-refractivity contribution in [3.63, 3.8) is 0 Å². The van der Waals surface area contributed by atoms with E-state index in [4.69, 9.17) is 0 Å². The molecule has 158 valence electrons. The molecule has 10 heteroatoms. The number of carbonyl (C=O) groups is 1. The topological polar surface area (TPSA) is 117 Å². The van der Waals surface area contributed by atoms with Crippen LogP contribution in [0.15, 0.2) is 54.7 Å². The lowest BCUT2D eigenvalue weighted by molar-refractivity contribution is -0.384. The van der Waals surface area contributed by atoms with E-state index < -0.39 is 4.92 Å². The largest absolute Gasteiger partial charge is 0.353 e. The van der Waals surface area contributed by atoms with Crippen LogP contribution in [0.25, 0.3) is 0 Å². The third-order valence-electron chi connectivity index (χ3n) is 4.94. The summed E-state index contributed by atoms with van der Waals surface area (Å²) in [6.07, 6.45) is 1.70. The van der Waals surface area contributed by atoms with Crippen molar-refractivity contribution in [2.75, 3.05) is 36.4 Å². The van der Waals surface area contributed by atoms with Crippen molar-refractivity contribution in [1.82, 2.24) is 19.9 Å². The van der Waals surface area contributed by atoms with Crippen molar-refractivity contribution < 1.29 is 9.72 Å². The van der Waals surface area contributed by atoms with Crippen molar-refractivity contribution in [2.45, 2.75) is 6.92 Å². The zero-order valence-corrected chi connectivity index (χ0v) is 16.9. The van der Waals surface area contributed by atoms with E-state index in [2.05, 4.69) is 25.2 Å². The Labute approximate surface area is 178 Å². The maximum absolute atomic E-state index is 12.8. The van der Waals surface area contributed by atoms with Gasteiger partial charge in [0.2, 0.25) is 0 Å². The average Bonchev–Trinajstić information content (AvgIpc) is 2.79. The molecule has 10 nitrogen and oxygen atoms in total. The van der Waals surface area contributed by atoms with Gasteiger partial charge in [0.25, 0.3) is 11.6 Å². The lowest BCUT2D eigenvalue weighted by Crippen LogP contribution is -2.49. The van der Waals surface area contributed by atoms with E-state index in [1.54, 1.807) is 17.2 Å². The Hall–Kier alpha value is -4.08. The molecule has 1 aliphatic rings. The van der Waals surface area contributed by atoms with Crippen LogP contribution in [0.4, 0.5) is 23.1 Å². The number of nitrogens with one attached hydrogen (secondary N) is 1. The number of aromatic nitrogens is 3. The molecule has 2 aromatic heterocycles. The summed E-state index contributed by atoms with van der Waals surface area (Å²) in [5.74, 6) is 2.54. The van der Waals surface area contributed by atoms with Gasteiger partial charge in [0.05, 0.1) is 4.92 Å². The summed E-state index contributed by atoms with van der Waals surface area (Å²) >= 11 is 0. The highest BCUT2D eigenvalue weighted by Gasteiger charge is 2.24. The fourth-order valence-electron chi connectivity index (χ4n) is 3.42. The van der Waals surface area contributed by atoms with Crippen LogP contribution in [0, 0.1) is 17.0 Å². The molecule has 3 aromatic rings. The molecule has 1 saturated heterocycles.